The van der Waals surface area contributed by atoms with Crippen molar-refractivity contribution in [3.63, 3.8) is 0 Å². The molecule has 0 radical (unpaired) electrons. The summed E-state index contributed by atoms with van der Waals surface area (Å²) in [5.74, 6) is 1.95. The molecule has 8 nitrogen and oxygen atoms in total. The van der Waals surface area contributed by atoms with Gasteiger partial charge in [-0.2, -0.15) is 0 Å². The molecule has 0 spiro atoms. The van der Waals surface area contributed by atoms with E-state index in [1.165, 1.54) is 23.0 Å². The summed E-state index contributed by atoms with van der Waals surface area (Å²) in [7, 11) is 0. The average molecular weight is 396 g/mol. The number of hydrogen-bond donors (Lipinski definition) is 3. The minimum atomic E-state index is -1.86. The number of halogens is 1. The maximum absolute atomic E-state index is 14.7. The quantitative estimate of drug-likeness (QED) is 0.570. The van der Waals surface area contributed by atoms with Crippen molar-refractivity contribution in [2.45, 2.75) is 24.0 Å². The zero-order valence-corrected chi connectivity index (χ0v) is 15.1. The molecular formula is C20H17FN4O4. The minimum Gasteiger partial charge on any atom is -0.392 e. The number of nitrogens with zero attached hydrogens (tertiary/aromatic N) is 3. The van der Waals surface area contributed by atoms with Crippen molar-refractivity contribution in [1.29, 1.82) is 0 Å². The number of terminal acetylenes is 1. The van der Waals surface area contributed by atoms with Crippen LogP contribution < -0.4 is 5.32 Å². The van der Waals surface area contributed by atoms with Crippen LogP contribution in [0, 0.1) is 12.3 Å². The molecule has 3 aromatic rings. The molecule has 1 amide bonds. The molecule has 1 aliphatic rings. The van der Waals surface area contributed by atoms with Crippen LogP contribution in [0.1, 0.15) is 22.0 Å². The van der Waals surface area contributed by atoms with E-state index in [0.29, 0.717) is 16.8 Å². The Hall–Kier alpha value is -3.32. The first-order valence-electron chi connectivity index (χ1n) is 8.77. The molecule has 4 rings (SSSR count). The topological polar surface area (TPSA) is 109 Å². The highest BCUT2D eigenvalue weighted by Gasteiger charge is 2.55. The van der Waals surface area contributed by atoms with E-state index in [1.807, 2.05) is 0 Å². The van der Waals surface area contributed by atoms with Crippen LogP contribution in [0.25, 0.3) is 5.65 Å². The van der Waals surface area contributed by atoms with Crippen LogP contribution in [0.4, 0.5) is 10.3 Å². The van der Waals surface area contributed by atoms with Crippen LogP contribution in [-0.2, 0) is 4.74 Å². The van der Waals surface area contributed by atoms with Crippen LogP contribution in [-0.4, -0.2) is 55.0 Å². The molecule has 3 N–H and O–H groups in total. The molecule has 148 valence electrons. The third-order valence-corrected chi connectivity index (χ3v) is 4.89. The fourth-order valence-electron chi connectivity index (χ4n) is 3.29. The fourth-order valence-corrected chi connectivity index (χ4v) is 3.29. The second-order valence-corrected chi connectivity index (χ2v) is 6.64. The number of aromatic nitrogens is 3. The molecule has 29 heavy (non-hydrogen) atoms. The zero-order chi connectivity index (χ0) is 20.6. The Kier molecular flexibility index (Phi) is 4.76. The van der Waals surface area contributed by atoms with Crippen molar-refractivity contribution in [2.24, 2.45) is 0 Å². The average Bonchev–Trinajstić information content (AvgIpc) is 3.29. The van der Waals surface area contributed by atoms with Gasteiger partial charge in [0.2, 0.25) is 5.95 Å². The van der Waals surface area contributed by atoms with Crippen LogP contribution >= 0.6 is 0 Å². The summed E-state index contributed by atoms with van der Waals surface area (Å²) < 4.78 is 21.7. The standard InChI is InChI=1S/C20H17FN4O4/c1-2-20(10-26)17(27)15(21)16(29-20)13-8-14-22-11-23-19(25(14)9-13)24-18(28)12-6-4-3-5-7-12/h1,3-9,11,15-17,26-27H,10H2,(H,22,23,24,28)/t15-,16+,17+,20-/m1/s1. The molecule has 3 heterocycles. The number of hydrogen-bond acceptors (Lipinski definition) is 6. The van der Waals surface area contributed by atoms with Gasteiger partial charge in [-0.25, -0.2) is 14.4 Å². The SMILES string of the molecule is C#C[C@]1(CO)O[C@@H](c2cc3ncnc(NC(=O)c4ccccc4)n3c2)[C@@H](F)[C@@H]1O. The molecule has 2 aromatic heterocycles. The molecule has 1 fully saturated rings. The van der Waals surface area contributed by atoms with Gasteiger partial charge in [-0.05, 0) is 18.2 Å². The number of fused-ring (bicyclic) bond motifs is 1. The number of amides is 1. The first kappa shape index (κ1) is 19.0. The van der Waals surface area contributed by atoms with E-state index >= 15 is 0 Å². The number of aliphatic hydroxyl groups is 2. The Bertz CT molecular complexity index is 1100. The second kappa shape index (κ2) is 7.25. The summed E-state index contributed by atoms with van der Waals surface area (Å²) in [6.45, 7) is -0.729. The molecule has 9 heteroatoms. The van der Waals surface area contributed by atoms with Crippen LogP contribution in [0.5, 0.6) is 0 Å². The lowest BCUT2D eigenvalue weighted by Crippen LogP contribution is -2.44. The van der Waals surface area contributed by atoms with E-state index in [9.17, 15) is 19.4 Å². The van der Waals surface area contributed by atoms with Crippen molar-refractivity contribution >= 4 is 17.5 Å². The molecule has 0 unspecified atom stereocenters. The van der Waals surface area contributed by atoms with E-state index < -0.39 is 30.6 Å². The highest BCUT2D eigenvalue weighted by atomic mass is 19.1. The van der Waals surface area contributed by atoms with Gasteiger partial charge in [0.1, 0.15) is 24.2 Å². The number of benzene rings is 1. The number of anilines is 1. The summed E-state index contributed by atoms with van der Waals surface area (Å²) in [5, 5.41) is 22.3. The van der Waals surface area contributed by atoms with Crippen molar-refractivity contribution in [1.82, 2.24) is 14.4 Å². The van der Waals surface area contributed by atoms with Gasteiger partial charge >= 0.3 is 0 Å². The Balaban J connectivity index is 1.67. The van der Waals surface area contributed by atoms with Crippen molar-refractivity contribution < 1.29 is 24.1 Å². The van der Waals surface area contributed by atoms with Gasteiger partial charge in [0.05, 0.1) is 6.61 Å². The zero-order valence-electron chi connectivity index (χ0n) is 15.1. The third-order valence-electron chi connectivity index (χ3n) is 4.89. The largest absolute Gasteiger partial charge is 0.392 e. The molecule has 4 atom stereocenters. The van der Waals surface area contributed by atoms with Gasteiger partial charge in [-0.1, -0.05) is 24.1 Å². The number of carbonyl (C=O) groups is 1. The summed E-state index contributed by atoms with van der Waals surface area (Å²) in [4.78, 5) is 20.6. The maximum Gasteiger partial charge on any atom is 0.257 e. The molecule has 1 aromatic carbocycles. The highest BCUT2D eigenvalue weighted by molar-refractivity contribution is 6.03. The second-order valence-electron chi connectivity index (χ2n) is 6.64. The van der Waals surface area contributed by atoms with E-state index in [2.05, 4.69) is 21.2 Å². The first-order valence-corrected chi connectivity index (χ1v) is 8.77. The predicted molar refractivity (Wildman–Crippen MR) is 101 cm³/mol. The van der Waals surface area contributed by atoms with E-state index in [4.69, 9.17) is 11.2 Å². The molecule has 1 aliphatic heterocycles. The molecule has 0 aliphatic carbocycles. The van der Waals surface area contributed by atoms with Crippen LogP contribution in [0.3, 0.4) is 0 Å². The first-order chi connectivity index (χ1) is 14.0. The van der Waals surface area contributed by atoms with Gasteiger partial charge in [-0.15, -0.1) is 6.42 Å². The summed E-state index contributed by atoms with van der Waals surface area (Å²) in [5.41, 5.74) is -0.669. The summed E-state index contributed by atoms with van der Waals surface area (Å²) in [6, 6.07) is 10.1. The van der Waals surface area contributed by atoms with Gasteiger partial charge in [0.25, 0.3) is 5.91 Å². The number of rotatable bonds is 4. The number of aliphatic hydroxyl groups excluding tert-OH is 2. The van der Waals surface area contributed by atoms with Gasteiger partial charge < -0.3 is 14.9 Å². The Morgan fingerprint density at radius 2 is 2.14 bits per heavy atom. The maximum atomic E-state index is 14.7. The van der Waals surface area contributed by atoms with Gasteiger partial charge in [0.15, 0.2) is 11.8 Å². The molecule has 1 saturated heterocycles. The van der Waals surface area contributed by atoms with Crippen LogP contribution in [0.2, 0.25) is 0 Å². The van der Waals surface area contributed by atoms with Crippen LogP contribution in [0.15, 0.2) is 48.9 Å². The highest BCUT2D eigenvalue weighted by Crippen LogP contribution is 2.42. The Morgan fingerprint density at radius 1 is 1.38 bits per heavy atom. The monoisotopic (exact) mass is 396 g/mol. The molecular weight excluding hydrogens is 379 g/mol. The number of nitrogens with one attached hydrogen (secondary N) is 1. The number of alkyl halides is 1. The summed E-state index contributed by atoms with van der Waals surface area (Å²) in [6.07, 6.45) is 3.34. The van der Waals surface area contributed by atoms with Gasteiger partial charge in [0, 0.05) is 17.3 Å². The summed E-state index contributed by atoms with van der Waals surface area (Å²) >= 11 is 0. The molecule has 0 bridgehead atoms. The minimum absolute atomic E-state index is 0.175. The van der Waals surface area contributed by atoms with Crippen molar-refractivity contribution in [3.05, 3.63) is 60.0 Å². The van der Waals surface area contributed by atoms with E-state index in [0.717, 1.165) is 0 Å². The lowest BCUT2D eigenvalue weighted by Gasteiger charge is -2.23. The van der Waals surface area contributed by atoms with E-state index in [-0.39, 0.29) is 11.9 Å². The Morgan fingerprint density at radius 3 is 2.79 bits per heavy atom. The smallest absolute Gasteiger partial charge is 0.257 e. The normalized spacial score (nSPS) is 26.3. The molecule has 0 saturated carbocycles. The third kappa shape index (κ3) is 3.13. The van der Waals surface area contributed by atoms with Crippen molar-refractivity contribution in [2.75, 3.05) is 11.9 Å². The van der Waals surface area contributed by atoms with Crippen molar-refractivity contribution in [3.8, 4) is 12.3 Å². The van der Waals surface area contributed by atoms with E-state index in [1.54, 1.807) is 30.3 Å². The Labute approximate surface area is 165 Å². The number of carbonyl (C=O) groups excluding carboxylic acids is 1. The van der Waals surface area contributed by atoms with Gasteiger partial charge in [-0.3, -0.25) is 14.5 Å². The fraction of sp³-hybridized carbons (Fsp3) is 0.250. The predicted octanol–water partition coefficient (Wildman–Crippen LogP) is 1.12. The lowest BCUT2D eigenvalue weighted by atomic mass is 9.96. The lowest BCUT2D eigenvalue weighted by molar-refractivity contribution is -0.0720. The number of ether oxygens (including phenoxy) is 1.